The van der Waals surface area contributed by atoms with E-state index in [4.69, 9.17) is 9.76 Å². The van der Waals surface area contributed by atoms with Crippen LogP contribution in [0.4, 0.5) is 0 Å². The highest BCUT2D eigenvalue weighted by Crippen LogP contribution is 2.33. The van der Waals surface area contributed by atoms with Crippen molar-refractivity contribution in [3.05, 3.63) is 0 Å². The van der Waals surface area contributed by atoms with E-state index in [2.05, 4.69) is 5.23 Å². The van der Waals surface area contributed by atoms with Gasteiger partial charge in [0, 0.05) is 12.8 Å². The van der Waals surface area contributed by atoms with Gasteiger partial charge < -0.3 is 20.1 Å². The zero-order chi connectivity index (χ0) is 10.8. The van der Waals surface area contributed by atoms with Gasteiger partial charge in [-0.25, -0.2) is 0 Å². The molecule has 0 unspecified atom stereocenters. The summed E-state index contributed by atoms with van der Waals surface area (Å²) in [6.45, 7) is 3.56. The molecule has 1 saturated carbocycles. The summed E-state index contributed by atoms with van der Waals surface area (Å²) in [6, 6.07) is 0. The van der Waals surface area contributed by atoms with Crippen LogP contribution in [0.5, 0.6) is 0 Å². The van der Waals surface area contributed by atoms with Gasteiger partial charge >= 0.3 is 13.0 Å². The second-order valence-corrected chi connectivity index (χ2v) is 3.68. The average molecular weight is 201 g/mol. The molecule has 0 atom stereocenters. The van der Waals surface area contributed by atoms with Crippen molar-refractivity contribution >= 4 is 13.0 Å². The van der Waals surface area contributed by atoms with E-state index in [9.17, 15) is 9.90 Å². The van der Waals surface area contributed by atoms with E-state index in [-0.39, 0.29) is 0 Å². The number of rotatable bonds is 4. The van der Waals surface area contributed by atoms with Crippen LogP contribution in [0.3, 0.4) is 0 Å². The second kappa shape index (κ2) is 4.29. The Hall–Kier alpha value is -0.585. The highest BCUT2D eigenvalue weighted by atomic mass is 16.5. The largest absolute Gasteiger partial charge is 0.465 e. The first-order chi connectivity index (χ1) is 6.50. The predicted octanol–water partition coefficient (Wildman–Crippen LogP) is -0.857. The molecule has 1 fully saturated rings. The third-order valence-corrected chi connectivity index (χ3v) is 2.32. The fourth-order valence-electron chi connectivity index (χ4n) is 1.76. The minimum Gasteiger partial charge on any atom is -0.465 e. The Kier molecular flexibility index (Phi) is 3.52. The number of aliphatic hydroxyl groups excluding tert-OH is 1. The van der Waals surface area contributed by atoms with Gasteiger partial charge in [0.25, 0.3) is 0 Å². The van der Waals surface area contributed by atoms with Crippen molar-refractivity contribution in [2.24, 2.45) is 0 Å². The van der Waals surface area contributed by atoms with Crippen molar-refractivity contribution in [1.82, 2.24) is 5.23 Å². The molecule has 0 aromatic heterocycles. The fourth-order valence-corrected chi connectivity index (χ4v) is 1.76. The SMILES string of the molecule is CCOC(=O)C1(NB(C)O)CC(O)C1. The van der Waals surface area contributed by atoms with Crippen LogP contribution in [0.2, 0.25) is 6.82 Å². The van der Waals surface area contributed by atoms with E-state index < -0.39 is 24.7 Å². The molecule has 1 aliphatic rings. The molecule has 14 heavy (non-hydrogen) atoms. The minimum absolute atomic E-state index is 0.302. The van der Waals surface area contributed by atoms with E-state index in [1.54, 1.807) is 6.92 Å². The van der Waals surface area contributed by atoms with E-state index in [0.717, 1.165) is 0 Å². The monoisotopic (exact) mass is 201 g/mol. The maximum atomic E-state index is 11.5. The number of carbonyl (C=O) groups excluding carboxylic acids is 1. The van der Waals surface area contributed by atoms with E-state index in [1.807, 2.05) is 0 Å². The number of nitrogens with one attached hydrogen (secondary N) is 1. The van der Waals surface area contributed by atoms with Gasteiger partial charge in [-0.2, -0.15) is 0 Å². The zero-order valence-corrected chi connectivity index (χ0v) is 8.49. The third-order valence-electron chi connectivity index (χ3n) is 2.32. The first-order valence-electron chi connectivity index (χ1n) is 4.81. The molecule has 3 N–H and O–H groups in total. The number of ether oxygens (including phenoxy) is 1. The van der Waals surface area contributed by atoms with Crippen LogP contribution in [0, 0.1) is 0 Å². The van der Waals surface area contributed by atoms with Crippen molar-refractivity contribution in [2.45, 2.75) is 38.2 Å². The molecular weight excluding hydrogens is 185 g/mol. The Bertz CT molecular complexity index is 215. The standard InChI is InChI=1S/C8H16BNO4/c1-3-14-7(12)8(10-9(2)13)4-6(11)5-8/h6,10-11,13H,3-5H2,1-2H3. The maximum absolute atomic E-state index is 11.5. The van der Waals surface area contributed by atoms with Gasteiger partial charge in [-0.15, -0.1) is 0 Å². The van der Waals surface area contributed by atoms with E-state index in [1.165, 1.54) is 6.82 Å². The van der Waals surface area contributed by atoms with Gasteiger partial charge in [0.15, 0.2) is 0 Å². The number of hydrogen-bond donors (Lipinski definition) is 3. The number of carbonyl (C=O) groups is 1. The first-order valence-corrected chi connectivity index (χ1v) is 4.81. The van der Waals surface area contributed by atoms with Crippen molar-refractivity contribution in [3.8, 4) is 0 Å². The third kappa shape index (κ3) is 2.26. The molecule has 0 amide bonds. The fraction of sp³-hybridized carbons (Fsp3) is 0.875. The lowest BCUT2D eigenvalue weighted by Gasteiger charge is -2.44. The van der Waals surface area contributed by atoms with Gasteiger partial charge in [-0.3, -0.25) is 4.79 Å². The Morgan fingerprint density at radius 3 is 2.64 bits per heavy atom. The van der Waals surface area contributed by atoms with E-state index >= 15 is 0 Å². The summed E-state index contributed by atoms with van der Waals surface area (Å²) >= 11 is 0. The molecule has 1 aliphatic carbocycles. The highest BCUT2D eigenvalue weighted by Gasteiger charge is 2.51. The Morgan fingerprint density at radius 1 is 1.71 bits per heavy atom. The molecule has 0 heterocycles. The number of esters is 1. The van der Waals surface area contributed by atoms with Crippen LogP contribution in [0.25, 0.3) is 0 Å². The van der Waals surface area contributed by atoms with Crippen LogP contribution in [0.15, 0.2) is 0 Å². The van der Waals surface area contributed by atoms with Crippen LogP contribution in [0.1, 0.15) is 19.8 Å². The van der Waals surface area contributed by atoms with Gasteiger partial charge in [0.2, 0.25) is 0 Å². The summed E-state index contributed by atoms with van der Waals surface area (Å²) < 4.78 is 4.87. The lowest BCUT2D eigenvalue weighted by molar-refractivity contribution is -0.159. The molecule has 0 aromatic carbocycles. The molecule has 0 saturated heterocycles. The van der Waals surface area contributed by atoms with Crippen LogP contribution in [-0.4, -0.2) is 41.4 Å². The van der Waals surface area contributed by atoms with Crippen molar-refractivity contribution in [2.75, 3.05) is 6.61 Å². The summed E-state index contributed by atoms with van der Waals surface area (Å²) in [4.78, 5) is 11.5. The minimum atomic E-state index is -0.885. The number of hydrogen-bond acceptors (Lipinski definition) is 5. The summed E-state index contributed by atoms with van der Waals surface area (Å²) in [5.74, 6) is -0.397. The second-order valence-electron chi connectivity index (χ2n) is 3.68. The van der Waals surface area contributed by atoms with Gasteiger partial charge in [0.05, 0.1) is 12.7 Å². The topological polar surface area (TPSA) is 78.8 Å². The molecule has 0 spiro atoms. The maximum Gasteiger partial charge on any atom is 0.374 e. The Balaban J connectivity index is 2.59. The smallest absolute Gasteiger partial charge is 0.374 e. The zero-order valence-electron chi connectivity index (χ0n) is 8.49. The molecule has 6 heteroatoms. The molecule has 80 valence electrons. The lowest BCUT2D eigenvalue weighted by Crippen LogP contribution is -2.66. The van der Waals surface area contributed by atoms with Crippen LogP contribution in [-0.2, 0) is 9.53 Å². The van der Waals surface area contributed by atoms with E-state index in [0.29, 0.717) is 19.4 Å². The molecular formula is C8H16BNO4. The highest BCUT2D eigenvalue weighted by molar-refractivity contribution is 6.46. The molecule has 5 nitrogen and oxygen atoms in total. The molecule has 0 aromatic rings. The quantitative estimate of drug-likeness (QED) is 0.407. The normalized spacial score (nSPS) is 30.7. The summed E-state index contributed by atoms with van der Waals surface area (Å²) in [5, 5.41) is 21.1. The van der Waals surface area contributed by atoms with Crippen LogP contribution < -0.4 is 5.23 Å². The Labute approximate surface area is 83.6 Å². The lowest BCUT2D eigenvalue weighted by atomic mass is 9.69. The number of aliphatic hydroxyl groups is 1. The molecule has 1 rings (SSSR count). The van der Waals surface area contributed by atoms with Gasteiger partial charge in [-0.05, 0) is 13.7 Å². The average Bonchev–Trinajstić information content (AvgIpc) is 2.00. The Morgan fingerprint density at radius 2 is 2.29 bits per heavy atom. The molecule has 0 aliphatic heterocycles. The van der Waals surface area contributed by atoms with Crippen LogP contribution >= 0.6 is 0 Å². The molecule has 0 bridgehead atoms. The summed E-state index contributed by atoms with van der Waals surface area (Å²) in [7, 11) is -0.785. The summed E-state index contributed by atoms with van der Waals surface area (Å²) in [6.07, 6.45) is 0.124. The summed E-state index contributed by atoms with van der Waals surface area (Å²) in [5.41, 5.74) is -0.885. The van der Waals surface area contributed by atoms with Crippen molar-refractivity contribution < 1.29 is 19.7 Å². The molecule has 0 radical (unpaired) electrons. The van der Waals surface area contributed by atoms with Gasteiger partial charge in [0.1, 0.15) is 5.54 Å². The van der Waals surface area contributed by atoms with Crippen molar-refractivity contribution in [3.63, 3.8) is 0 Å². The van der Waals surface area contributed by atoms with Gasteiger partial charge in [-0.1, -0.05) is 0 Å². The first kappa shape index (κ1) is 11.5. The predicted molar refractivity (Wildman–Crippen MR) is 51.6 cm³/mol. The van der Waals surface area contributed by atoms with Crippen molar-refractivity contribution in [1.29, 1.82) is 0 Å².